The molecule has 0 spiro atoms. The van der Waals surface area contributed by atoms with Crippen LogP contribution in [0.3, 0.4) is 0 Å². The average molecular weight is 459 g/mol. The number of nitrogens with one attached hydrogen (secondary N) is 2. The second-order valence-electron chi connectivity index (χ2n) is 4.82. The first-order valence-electron chi connectivity index (χ1n) is 6.78. The lowest BCUT2D eigenvalue weighted by atomic mass is 10.2. The van der Waals surface area contributed by atoms with Crippen molar-refractivity contribution in [1.29, 1.82) is 0 Å². The molecule has 0 heterocycles. The summed E-state index contributed by atoms with van der Waals surface area (Å²) in [6.07, 6.45) is 0. The van der Waals surface area contributed by atoms with Crippen LogP contribution in [0.4, 0.5) is 11.4 Å². The summed E-state index contributed by atoms with van der Waals surface area (Å²) >= 11 is 14.1. The fourth-order valence-corrected chi connectivity index (χ4v) is 2.75. The maximum atomic E-state index is 12.2. The number of non-ortho nitro benzene ring substituents is 1. The highest BCUT2D eigenvalue weighted by molar-refractivity contribution is 9.10. The van der Waals surface area contributed by atoms with E-state index in [-0.39, 0.29) is 32.6 Å². The summed E-state index contributed by atoms with van der Waals surface area (Å²) in [5.74, 6) is -1.88. The van der Waals surface area contributed by atoms with Crippen molar-refractivity contribution >= 4 is 68.1 Å². The van der Waals surface area contributed by atoms with E-state index in [0.717, 1.165) is 12.1 Å². The minimum absolute atomic E-state index is 0.0179. The molecule has 134 valence electrons. The number of carbonyl (C=O) groups is 2. The van der Waals surface area contributed by atoms with Gasteiger partial charge in [-0.2, -0.15) is 0 Å². The summed E-state index contributed by atoms with van der Waals surface area (Å²) in [6, 6.07) is 7.83. The highest BCUT2D eigenvalue weighted by atomic mass is 79.9. The Morgan fingerprint density at radius 3 is 2.46 bits per heavy atom. The fraction of sp³-hybridized carbons (Fsp3) is 0. The van der Waals surface area contributed by atoms with Crippen LogP contribution in [-0.2, 0) is 0 Å². The minimum Gasteiger partial charge on any atom is -0.478 e. The molecule has 2 aromatic rings. The summed E-state index contributed by atoms with van der Waals surface area (Å²) in [4.78, 5) is 33.5. The number of carboxylic acids is 1. The van der Waals surface area contributed by atoms with Gasteiger partial charge in [-0.05, 0) is 36.5 Å². The Hall–Kier alpha value is -2.56. The third kappa shape index (κ3) is 4.75. The van der Waals surface area contributed by atoms with Crippen LogP contribution in [0.5, 0.6) is 0 Å². The number of nitrogens with zero attached hydrogens (tertiary/aromatic N) is 1. The molecule has 0 saturated carbocycles. The first-order valence-corrected chi connectivity index (χ1v) is 8.36. The zero-order chi connectivity index (χ0) is 19.4. The highest BCUT2D eigenvalue weighted by Crippen LogP contribution is 2.23. The van der Waals surface area contributed by atoms with Crippen LogP contribution >= 0.6 is 39.7 Å². The summed E-state index contributed by atoms with van der Waals surface area (Å²) in [7, 11) is 0. The predicted molar refractivity (Wildman–Crippen MR) is 103 cm³/mol. The zero-order valence-electron chi connectivity index (χ0n) is 12.7. The Balaban J connectivity index is 2.15. The Morgan fingerprint density at radius 1 is 1.19 bits per heavy atom. The SMILES string of the molecule is O=C(NC(=S)Nc1ccc(Br)cc1C(=O)O)c1ccc([N+](=O)[O-])cc1Cl. The summed E-state index contributed by atoms with van der Waals surface area (Å²) < 4.78 is 0.563. The van der Waals surface area contributed by atoms with Crippen molar-refractivity contribution in [3.8, 4) is 0 Å². The largest absolute Gasteiger partial charge is 0.478 e. The van der Waals surface area contributed by atoms with Gasteiger partial charge in [-0.15, -0.1) is 0 Å². The minimum atomic E-state index is -1.18. The van der Waals surface area contributed by atoms with Crippen LogP contribution < -0.4 is 10.6 Å². The van der Waals surface area contributed by atoms with Crippen LogP contribution in [0, 0.1) is 10.1 Å². The Morgan fingerprint density at radius 2 is 1.88 bits per heavy atom. The first-order chi connectivity index (χ1) is 12.2. The van der Waals surface area contributed by atoms with Crippen LogP contribution in [0.1, 0.15) is 20.7 Å². The molecule has 0 saturated heterocycles. The molecule has 8 nitrogen and oxygen atoms in total. The van der Waals surface area contributed by atoms with Gasteiger partial charge in [0.05, 0.1) is 26.8 Å². The number of halogens is 2. The second-order valence-corrected chi connectivity index (χ2v) is 6.56. The molecule has 3 N–H and O–H groups in total. The quantitative estimate of drug-likeness (QED) is 0.361. The number of carboxylic acid groups (broad SMARTS) is 1. The highest BCUT2D eigenvalue weighted by Gasteiger charge is 2.17. The van der Waals surface area contributed by atoms with Gasteiger partial charge in [0, 0.05) is 16.6 Å². The maximum absolute atomic E-state index is 12.2. The number of hydrogen-bond acceptors (Lipinski definition) is 5. The molecule has 26 heavy (non-hydrogen) atoms. The molecule has 0 aliphatic rings. The summed E-state index contributed by atoms with van der Waals surface area (Å²) in [6.45, 7) is 0. The van der Waals surface area contributed by atoms with Crippen LogP contribution in [0.15, 0.2) is 40.9 Å². The second kappa shape index (κ2) is 8.21. The Kier molecular flexibility index (Phi) is 6.24. The number of anilines is 1. The number of aromatic carboxylic acids is 1. The van der Waals surface area contributed by atoms with E-state index in [1.165, 1.54) is 18.2 Å². The third-order valence-corrected chi connectivity index (χ3v) is 4.11. The molecule has 0 bridgehead atoms. The van der Waals surface area contributed by atoms with Gasteiger partial charge in [0.25, 0.3) is 11.6 Å². The normalized spacial score (nSPS) is 10.1. The van der Waals surface area contributed by atoms with E-state index in [1.807, 2.05) is 0 Å². The fourth-order valence-electron chi connectivity index (χ4n) is 1.93. The molecule has 0 aliphatic heterocycles. The molecular weight excluding hydrogens is 450 g/mol. The predicted octanol–water partition coefficient (Wildman–Crippen LogP) is 3.84. The molecule has 11 heteroatoms. The topological polar surface area (TPSA) is 122 Å². The van der Waals surface area contributed by atoms with Gasteiger partial charge in [-0.25, -0.2) is 4.79 Å². The average Bonchev–Trinajstić information content (AvgIpc) is 2.55. The molecule has 0 aliphatic carbocycles. The molecule has 2 rings (SSSR count). The van der Waals surface area contributed by atoms with Crippen molar-refractivity contribution < 1.29 is 19.6 Å². The molecule has 1 amide bonds. The van der Waals surface area contributed by atoms with Crippen molar-refractivity contribution in [2.24, 2.45) is 0 Å². The molecule has 0 aromatic heterocycles. The number of amides is 1. The lowest BCUT2D eigenvalue weighted by Gasteiger charge is -2.12. The standard InChI is InChI=1S/C15H9BrClN3O5S/c16-7-1-4-12(10(5-7)14(22)23)18-15(26)19-13(21)9-3-2-8(20(24)25)6-11(9)17/h1-6H,(H,22,23)(H2,18,19,21,26). The number of hydrogen-bond donors (Lipinski definition) is 3. The van der Waals surface area contributed by atoms with E-state index in [4.69, 9.17) is 23.8 Å². The van der Waals surface area contributed by atoms with E-state index in [1.54, 1.807) is 6.07 Å². The van der Waals surface area contributed by atoms with Crippen molar-refractivity contribution in [3.05, 3.63) is 67.1 Å². The summed E-state index contributed by atoms with van der Waals surface area (Å²) in [5, 5.41) is 24.6. The number of nitro benzene ring substituents is 1. The number of thiocarbonyl (C=S) groups is 1. The number of benzene rings is 2. The van der Waals surface area contributed by atoms with Crippen LogP contribution in [0.2, 0.25) is 5.02 Å². The summed E-state index contributed by atoms with van der Waals surface area (Å²) in [5.41, 5.74) is -0.144. The van der Waals surface area contributed by atoms with E-state index >= 15 is 0 Å². The zero-order valence-corrected chi connectivity index (χ0v) is 15.8. The van der Waals surface area contributed by atoms with Crippen molar-refractivity contribution in [2.75, 3.05) is 5.32 Å². The molecule has 2 aromatic carbocycles. The maximum Gasteiger partial charge on any atom is 0.337 e. The van der Waals surface area contributed by atoms with E-state index < -0.39 is 16.8 Å². The molecule has 0 unspecified atom stereocenters. The van der Waals surface area contributed by atoms with Gasteiger partial charge >= 0.3 is 5.97 Å². The third-order valence-electron chi connectivity index (χ3n) is 3.10. The van der Waals surface area contributed by atoms with E-state index in [9.17, 15) is 24.8 Å². The lowest BCUT2D eigenvalue weighted by molar-refractivity contribution is -0.384. The monoisotopic (exact) mass is 457 g/mol. The Bertz CT molecular complexity index is 937. The van der Waals surface area contributed by atoms with Crippen molar-refractivity contribution in [3.63, 3.8) is 0 Å². The van der Waals surface area contributed by atoms with Gasteiger partial charge in [-0.3, -0.25) is 20.2 Å². The van der Waals surface area contributed by atoms with E-state index in [2.05, 4.69) is 26.6 Å². The first kappa shape index (κ1) is 19.8. The lowest BCUT2D eigenvalue weighted by Crippen LogP contribution is -2.34. The van der Waals surface area contributed by atoms with Gasteiger partial charge in [0.1, 0.15) is 0 Å². The van der Waals surface area contributed by atoms with Gasteiger partial charge < -0.3 is 10.4 Å². The number of rotatable bonds is 4. The van der Waals surface area contributed by atoms with Crippen molar-refractivity contribution in [1.82, 2.24) is 5.32 Å². The molecular formula is C15H9BrClN3O5S. The van der Waals surface area contributed by atoms with E-state index in [0.29, 0.717) is 4.47 Å². The Labute approximate surface area is 165 Å². The van der Waals surface area contributed by atoms with Crippen LogP contribution in [-0.4, -0.2) is 27.0 Å². The number of nitro groups is 1. The van der Waals surface area contributed by atoms with Gasteiger partial charge in [0.15, 0.2) is 5.11 Å². The smallest absolute Gasteiger partial charge is 0.337 e. The number of carbonyl (C=O) groups excluding carboxylic acids is 1. The van der Waals surface area contributed by atoms with Crippen LogP contribution in [0.25, 0.3) is 0 Å². The van der Waals surface area contributed by atoms with Gasteiger partial charge in [-0.1, -0.05) is 27.5 Å². The molecule has 0 atom stereocenters. The molecule has 0 fully saturated rings. The molecule has 0 radical (unpaired) electrons. The van der Waals surface area contributed by atoms with Crippen molar-refractivity contribution in [2.45, 2.75) is 0 Å². The van der Waals surface area contributed by atoms with Gasteiger partial charge in [0.2, 0.25) is 0 Å².